The van der Waals surface area contributed by atoms with Crippen LogP contribution in [-0.4, -0.2) is 38.4 Å². The number of benzene rings is 1. The fourth-order valence-corrected chi connectivity index (χ4v) is 3.71. The average molecular weight is 300 g/mol. The normalized spacial score (nSPS) is 18.5. The zero-order valence-electron chi connectivity index (χ0n) is 11.1. The van der Waals surface area contributed by atoms with Crippen molar-refractivity contribution >= 4 is 21.4 Å². The lowest BCUT2D eigenvalue weighted by Crippen LogP contribution is -2.55. The highest BCUT2D eigenvalue weighted by Gasteiger charge is 2.48. The standard InChI is InChI=1S/C13H17FN2O3S/c1-20(18,19)13(6-8-15-9-7-13)12(17)16-11-4-2-10(14)3-5-11/h2-5,15H,6-9H2,1H3,(H,16,17). The van der Waals surface area contributed by atoms with Gasteiger partial charge in [0, 0.05) is 11.9 Å². The van der Waals surface area contributed by atoms with Crippen molar-refractivity contribution in [3.8, 4) is 0 Å². The van der Waals surface area contributed by atoms with E-state index in [0.717, 1.165) is 6.26 Å². The third-order valence-corrected chi connectivity index (χ3v) is 5.65. The van der Waals surface area contributed by atoms with Gasteiger partial charge in [-0.05, 0) is 50.2 Å². The lowest BCUT2D eigenvalue weighted by atomic mass is 9.95. The maximum Gasteiger partial charge on any atom is 0.245 e. The first kappa shape index (κ1) is 14.9. The van der Waals surface area contributed by atoms with Gasteiger partial charge in [-0.1, -0.05) is 0 Å². The predicted octanol–water partition coefficient (Wildman–Crippen LogP) is 0.931. The predicted molar refractivity (Wildman–Crippen MR) is 74.7 cm³/mol. The Labute approximate surface area is 117 Å². The first-order chi connectivity index (χ1) is 9.35. The molecule has 0 aliphatic carbocycles. The molecular formula is C13H17FN2O3S. The maximum absolute atomic E-state index is 12.8. The van der Waals surface area contributed by atoms with Gasteiger partial charge in [0.25, 0.3) is 0 Å². The Balaban J connectivity index is 2.26. The highest BCUT2D eigenvalue weighted by molar-refractivity contribution is 7.92. The minimum atomic E-state index is -3.54. The molecule has 1 heterocycles. The van der Waals surface area contributed by atoms with Crippen LogP contribution in [0.3, 0.4) is 0 Å². The van der Waals surface area contributed by atoms with Gasteiger partial charge < -0.3 is 10.6 Å². The van der Waals surface area contributed by atoms with Gasteiger partial charge in [-0.15, -0.1) is 0 Å². The number of piperidine rings is 1. The number of amides is 1. The van der Waals surface area contributed by atoms with Crippen molar-refractivity contribution in [1.82, 2.24) is 5.32 Å². The van der Waals surface area contributed by atoms with Crippen LogP contribution in [0.2, 0.25) is 0 Å². The Bertz CT molecular complexity index is 593. The van der Waals surface area contributed by atoms with E-state index in [0.29, 0.717) is 18.8 Å². The van der Waals surface area contributed by atoms with Crippen LogP contribution in [0.15, 0.2) is 24.3 Å². The molecule has 0 spiro atoms. The zero-order valence-corrected chi connectivity index (χ0v) is 12.0. The van der Waals surface area contributed by atoms with Crippen LogP contribution in [-0.2, 0) is 14.6 Å². The van der Waals surface area contributed by atoms with Gasteiger partial charge in [-0.2, -0.15) is 0 Å². The third kappa shape index (κ3) is 2.83. The number of hydrogen-bond donors (Lipinski definition) is 2. The Morgan fingerprint density at radius 2 is 1.80 bits per heavy atom. The first-order valence-corrected chi connectivity index (χ1v) is 8.22. The van der Waals surface area contributed by atoms with Crippen molar-refractivity contribution in [1.29, 1.82) is 0 Å². The summed E-state index contributed by atoms with van der Waals surface area (Å²) in [6, 6.07) is 5.24. The van der Waals surface area contributed by atoms with Crippen molar-refractivity contribution in [3.63, 3.8) is 0 Å². The number of carbonyl (C=O) groups is 1. The van der Waals surface area contributed by atoms with E-state index >= 15 is 0 Å². The van der Waals surface area contributed by atoms with E-state index in [1.54, 1.807) is 0 Å². The summed E-state index contributed by atoms with van der Waals surface area (Å²) in [4.78, 5) is 12.4. The molecule has 0 atom stereocenters. The smallest absolute Gasteiger partial charge is 0.245 e. The number of anilines is 1. The summed E-state index contributed by atoms with van der Waals surface area (Å²) in [5, 5.41) is 5.62. The summed E-state index contributed by atoms with van der Waals surface area (Å²) < 4.78 is 35.5. The van der Waals surface area contributed by atoms with Crippen LogP contribution in [0.1, 0.15) is 12.8 Å². The molecule has 1 aromatic rings. The van der Waals surface area contributed by atoms with E-state index in [1.807, 2.05) is 0 Å². The molecule has 1 fully saturated rings. The van der Waals surface area contributed by atoms with Crippen LogP contribution < -0.4 is 10.6 Å². The van der Waals surface area contributed by atoms with Crippen molar-refractivity contribution in [2.45, 2.75) is 17.6 Å². The van der Waals surface area contributed by atoms with Crippen molar-refractivity contribution in [3.05, 3.63) is 30.1 Å². The highest BCUT2D eigenvalue weighted by atomic mass is 32.2. The summed E-state index contributed by atoms with van der Waals surface area (Å²) in [6.07, 6.45) is 1.56. The number of carbonyl (C=O) groups excluding carboxylic acids is 1. The zero-order chi connectivity index (χ0) is 14.8. The second-order valence-electron chi connectivity index (χ2n) is 4.98. The van der Waals surface area contributed by atoms with E-state index in [4.69, 9.17) is 0 Å². The molecule has 7 heteroatoms. The summed E-state index contributed by atoms with van der Waals surface area (Å²) >= 11 is 0. The van der Waals surface area contributed by atoms with Gasteiger partial charge in [0.1, 0.15) is 5.82 Å². The topological polar surface area (TPSA) is 75.3 Å². The highest BCUT2D eigenvalue weighted by Crippen LogP contribution is 2.29. The van der Waals surface area contributed by atoms with Crippen molar-refractivity contribution < 1.29 is 17.6 Å². The van der Waals surface area contributed by atoms with Crippen molar-refractivity contribution in [2.75, 3.05) is 24.7 Å². The molecule has 2 N–H and O–H groups in total. The molecule has 1 aliphatic rings. The fourth-order valence-electron chi connectivity index (χ4n) is 2.38. The van der Waals surface area contributed by atoms with E-state index in [-0.39, 0.29) is 12.8 Å². The first-order valence-electron chi connectivity index (χ1n) is 6.32. The molecule has 1 saturated heterocycles. The summed E-state index contributed by atoms with van der Waals surface area (Å²) in [5.41, 5.74) is 0.387. The Kier molecular flexibility index (Phi) is 4.10. The Morgan fingerprint density at radius 3 is 2.30 bits per heavy atom. The molecule has 0 radical (unpaired) electrons. The lowest BCUT2D eigenvalue weighted by molar-refractivity contribution is -0.119. The van der Waals surface area contributed by atoms with Crippen LogP contribution in [0.5, 0.6) is 0 Å². The van der Waals surface area contributed by atoms with Gasteiger partial charge in [0.15, 0.2) is 14.6 Å². The molecule has 110 valence electrons. The molecule has 0 aromatic heterocycles. The summed E-state index contributed by atoms with van der Waals surface area (Å²) in [7, 11) is -3.54. The van der Waals surface area contributed by atoms with Gasteiger partial charge in [0.2, 0.25) is 5.91 Å². The SMILES string of the molecule is CS(=O)(=O)C1(C(=O)Nc2ccc(F)cc2)CCNCC1. The summed E-state index contributed by atoms with van der Waals surface area (Å²) in [6.45, 7) is 0.952. The second-order valence-corrected chi connectivity index (χ2v) is 7.30. The van der Waals surface area contributed by atoms with E-state index < -0.39 is 26.3 Å². The number of sulfone groups is 1. The molecule has 5 nitrogen and oxygen atoms in total. The lowest BCUT2D eigenvalue weighted by Gasteiger charge is -2.34. The molecule has 0 saturated carbocycles. The second kappa shape index (κ2) is 5.49. The number of rotatable bonds is 3. The number of halogens is 1. The molecule has 0 unspecified atom stereocenters. The largest absolute Gasteiger partial charge is 0.325 e. The van der Waals surface area contributed by atoms with Gasteiger partial charge >= 0.3 is 0 Å². The third-order valence-electron chi connectivity index (χ3n) is 3.64. The van der Waals surface area contributed by atoms with Crippen LogP contribution in [0.4, 0.5) is 10.1 Å². The number of nitrogens with one attached hydrogen (secondary N) is 2. The average Bonchev–Trinajstić information content (AvgIpc) is 2.41. The van der Waals surface area contributed by atoms with Crippen LogP contribution >= 0.6 is 0 Å². The van der Waals surface area contributed by atoms with Crippen LogP contribution in [0.25, 0.3) is 0 Å². The fraction of sp³-hybridized carbons (Fsp3) is 0.462. The minimum absolute atomic E-state index is 0.235. The molecular weight excluding hydrogens is 283 g/mol. The van der Waals surface area contributed by atoms with Crippen LogP contribution in [0, 0.1) is 5.82 Å². The molecule has 2 rings (SSSR count). The van der Waals surface area contributed by atoms with Gasteiger partial charge in [-0.3, -0.25) is 4.79 Å². The van der Waals surface area contributed by atoms with Crippen molar-refractivity contribution in [2.24, 2.45) is 0 Å². The van der Waals surface area contributed by atoms with E-state index in [9.17, 15) is 17.6 Å². The molecule has 1 aromatic carbocycles. The summed E-state index contributed by atoms with van der Waals surface area (Å²) in [5.74, 6) is -0.962. The van der Waals surface area contributed by atoms with Gasteiger partial charge in [-0.25, -0.2) is 12.8 Å². The van der Waals surface area contributed by atoms with E-state index in [1.165, 1.54) is 24.3 Å². The van der Waals surface area contributed by atoms with E-state index in [2.05, 4.69) is 10.6 Å². The molecule has 20 heavy (non-hydrogen) atoms. The monoisotopic (exact) mass is 300 g/mol. The quantitative estimate of drug-likeness (QED) is 0.871. The van der Waals surface area contributed by atoms with Gasteiger partial charge in [0.05, 0.1) is 0 Å². The number of hydrogen-bond acceptors (Lipinski definition) is 4. The Hall–Kier alpha value is -1.47. The molecule has 0 bridgehead atoms. The minimum Gasteiger partial charge on any atom is -0.325 e. The molecule has 1 amide bonds. The molecule has 1 aliphatic heterocycles. The Morgan fingerprint density at radius 1 is 1.25 bits per heavy atom. The maximum atomic E-state index is 12.8.